The van der Waals surface area contributed by atoms with Crippen LogP contribution >= 0.6 is 24.0 Å². The third kappa shape index (κ3) is 10.9. The first kappa shape index (κ1) is 22.7. The van der Waals surface area contributed by atoms with Crippen LogP contribution in [0.3, 0.4) is 0 Å². The molecule has 1 rings (SSSR count). The summed E-state index contributed by atoms with van der Waals surface area (Å²) in [6.45, 7) is 9.10. The molecular weight excluding hydrogens is 405 g/mol. The highest BCUT2D eigenvalue weighted by Gasteiger charge is 2.13. The molecule has 0 amide bonds. The number of nitrogens with one attached hydrogen (secondary N) is 1. The lowest BCUT2D eigenvalue weighted by Crippen LogP contribution is -2.40. The molecule has 0 aromatic rings. The quantitative estimate of drug-likeness (QED) is 0.187. The SMILES string of the molecule is C=CCCCN(C)C(=NC)NCCCOCC1CCOCC1.I. The molecule has 0 bridgehead atoms. The number of nitrogens with zero attached hydrogens (tertiary/aromatic N) is 2. The summed E-state index contributed by atoms with van der Waals surface area (Å²) in [6, 6.07) is 0. The van der Waals surface area contributed by atoms with Gasteiger partial charge in [-0.1, -0.05) is 6.08 Å². The third-order valence-electron chi connectivity index (χ3n) is 3.92. The van der Waals surface area contributed by atoms with Gasteiger partial charge in [-0.25, -0.2) is 0 Å². The maximum Gasteiger partial charge on any atom is 0.193 e. The molecule has 0 unspecified atom stereocenters. The van der Waals surface area contributed by atoms with Crippen molar-refractivity contribution < 1.29 is 9.47 Å². The van der Waals surface area contributed by atoms with E-state index in [9.17, 15) is 0 Å². The van der Waals surface area contributed by atoms with Gasteiger partial charge in [-0.05, 0) is 38.0 Å². The van der Waals surface area contributed by atoms with Crippen LogP contribution in [0, 0.1) is 5.92 Å². The molecule has 1 aliphatic rings. The van der Waals surface area contributed by atoms with Gasteiger partial charge in [-0.3, -0.25) is 4.99 Å². The lowest BCUT2D eigenvalue weighted by atomic mass is 10.0. The third-order valence-corrected chi connectivity index (χ3v) is 3.92. The Balaban J connectivity index is 0.00000484. The van der Waals surface area contributed by atoms with Gasteiger partial charge in [-0.15, -0.1) is 30.6 Å². The minimum atomic E-state index is 0. The molecule has 0 aliphatic carbocycles. The Bertz CT molecular complexity index is 321. The van der Waals surface area contributed by atoms with Crippen LogP contribution in [-0.2, 0) is 9.47 Å². The first-order valence-electron chi connectivity index (χ1n) is 8.46. The molecule has 6 heteroatoms. The molecule has 0 saturated carbocycles. The molecule has 0 atom stereocenters. The van der Waals surface area contributed by atoms with Gasteiger partial charge in [-0.2, -0.15) is 0 Å². The molecule has 1 heterocycles. The van der Waals surface area contributed by atoms with Crippen LogP contribution in [0.1, 0.15) is 32.1 Å². The number of aliphatic imine (C=N–C) groups is 1. The highest BCUT2D eigenvalue weighted by atomic mass is 127. The summed E-state index contributed by atoms with van der Waals surface area (Å²) in [7, 11) is 3.90. The zero-order valence-corrected chi connectivity index (χ0v) is 17.1. The van der Waals surface area contributed by atoms with Gasteiger partial charge in [0.1, 0.15) is 0 Å². The number of hydrogen-bond acceptors (Lipinski definition) is 3. The molecule has 1 saturated heterocycles. The van der Waals surface area contributed by atoms with E-state index in [1.807, 2.05) is 13.1 Å². The van der Waals surface area contributed by atoms with Crippen molar-refractivity contribution in [1.82, 2.24) is 10.2 Å². The lowest BCUT2D eigenvalue weighted by molar-refractivity contribution is 0.0203. The zero-order valence-electron chi connectivity index (χ0n) is 14.8. The highest BCUT2D eigenvalue weighted by Crippen LogP contribution is 2.14. The molecule has 1 fully saturated rings. The Labute approximate surface area is 158 Å². The van der Waals surface area contributed by atoms with Gasteiger partial charge in [0, 0.05) is 53.6 Å². The second-order valence-electron chi connectivity index (χ2n) is 5.81. The van der Waals surface area contributed by atoms with Crippen molar-refractivity contribution in [3.63, 3.8) is 0 Å². The second-order valence-corrected chi connectivity index (χ2v) is 5.81. The lowest BCUT2D eigenvalue weighted by Gasteiger charge is -2.22. The van der Waals surface area contributed by atoms with Gasteiger partial charge in [0.2, 0.25) is 0 Å². The summed E-state index contributed by atoms with van der Waals surface area (Å²) in [4.78, 5) is 6.47. The van der Waals surface area contributed by atoms with Crippen LogP contribution in [0.5, 0.6) is 0 Å². The van der Waals surface area contributed by atoms with Crippen LogP contribution in [0.25, 0.3) is 0 Å². The first-order chi connectivity index (χ1) is 10.8. The minimum absolute atomic E-state index is 0. The van der Waals surface area contributed by atoms with Crippen molar-refractivity contribution in [2.75, 3.05) is 53.6 Å². The van der Waals surface area contributed by atoms with Gasteiger partial charge < -0.3 is 19.7 Å². The molecule has 0 aromatic carbocycles. The zero-order chi connectivity index (χ0) is 16.0. The summed E-state index contributed by atoms with van der Waals surface area (Å²) in [6.07, 6.45) is 7.39. The van der Waals surface area contributed by atoms with Crippen molar-refractivity contribution >= 4 is 29.9 Å². The monoisotopic (exact) mass is 439 g/mol. The molecule has 0 aromatic heterocycles. The summed E-state index contributed by atoms with van der Waals surface area (Å²) < 4.78 is 11.1. The average Bonchev–Trinajstić information content (AvgIpc) is 2.55. The second kappa shape index (κ2) is 15.2. The van der Waals surface area contributed by atoms with Gasteiger partial charge in [0.25, 0.3) is 0 Å². The standard InChI is InChI=1S/C17H33N3O2.HI/c1-4-5-6-11-20(3)17(18-2)19-10-7-12-22-15-16-8-13-21-14-9-16;/h4,16H,1,5-15H2,2-3H3,(H,18,19);1H. The van der Waals surface area contributed by atoms with Crippen LogP contribution in [0.4, 0.5) is 0 Å². The summed E-state index contributed by atoms with van der Waals surface area (Å²) in [5.41, 5.74) is 0. The smallest absolute Gasteiger partial charge is 0.193 e. The first-order valence-corrected chi connectivity index (χ1v) is 8.46. The maximum absolute atomic E-state index is 5.77. The van der Waals surface area contributed by atoms with Crippen LogP contribution < -0.4 is 5.32 Å². The Morgan fingerprint density at radius 3 is 2.78 bits per heavy atom. The number of rotatable bonds is 10. The molecule has 5 nitrogen and oxygen atoms in total. The molecule has 136 valence electrons. The fraction of sp³-hybridized carbons (Fsp3) is 0.824. The molecule has 0 spiro atoms. The van der Waals surface area contributed by atoms with E-state index in [1.165, 1.54) is 0 Å². The van der Waals surface area contributed by atoms with Crippen molar-refractivity contribution in [3.8, 4) is 0 Å². The minimum Gasteiger partial charge on any atom is -0.381 e. The van der Waals surface area contributed by atoms with E-state index in [2.05, 4.69) is 28.8 Å². The molecule has 1 aliphatic heterocycles. The van der Waals surface area contributed by atoms with Gasteiger partial charge >= 0.3 is 0 Å². The van der Waals surface area contributed by atoms with E-state index >= 15 is 0 Å². The molecule has 1 N–H and O–H groups in total. The van der Waals surface area contributed by atoms with E-state index in [-0.39, 0.29) is 24.0 Å². The number of ether oxygens (including phenoxy) is 2. The van der Waals surface area contributed by atoms with Crippen LogP contribution in [0.15, 0.2) is 17.6 Å². The van der Waals surface area contributed by atoms with E-state index in [4.69, 9.17) is 9.47 Å². The summed E-state index contributed by atoms with van der Waals surface area (Å²) >= 11 is 0. The maximum atomic E-state index is 5.77. The van der Waals surface area contributed by atoms with Gasteiger partial charge in [0.15, 0.2) is 5.96 Å². The van der Waals surface area contributed by atoms with Crippen molar-refractivity contribution in [2.45, 2.75) is 32.1 Å². The predicted molar refractivity (Wildman–Crippen MR) is 108 cm³/mol. The Morgan fingerprint density at radius 2 is 2.13 bits per heavy atom. The molecule has 23 heavy (non-hydrogen) atoms. The largest absolute Gasteiger partial charge is 0.381 e. The van der Waals surface area contributed by atoms with E-state index in [0.717, 1.165) is 77.6 Å². The average molecular weight is 439 g/mol. The molecular formula is C17H34IN3O2. The fourth-order valence-corrected chi connectivity index (χ4v) is 2.50. The molecule has 0 radical (unpaired) electrons. The van der Waals surface area contributed by atoms with Crippen molar-refractivity contribution in [1.29, 1.82) is 0 Å². The highest BCUT2D eigenvalue weighted by molar-refractivity contribution is 14.0. The van der Waals surface area contributed by atoms with E-state index in [0.29, 0.717) is 5.92 Å². The number of halogens is 1. The summed E-state index contributed by atoms with van der Waals surface area (Å²) in [5.74, 6) is 1.64. The van der Waals surface area contributed by atoms with Crippen LogP contribution in [0.2, 0.25) is 0 Å². The summed E-state index contributed by atoms with van der Waals surface area (Å²) in [5, 5.41) is 3.38. The van der Waals surface area contributed by atoms with Gasteiger partial charge in [0.05, 0.1) is 0 Å². The predicted octanol–water partition coefficient (Wildman–Crippen LogP) is 2.91. The van der Waals surface area contributed by atoms with E-state index < -0.39 is 0 Å². The van der Waals surface area contributed by atoms with E-state index in [1.54, 1.807) is 0 Å². The van der Waals surface area contributed by atoms with Crippen molar-refractivity contribution in [3.05, 3.63) is 12.7 Å². The fourth-order valence-electron chi connectivity index (χ4n) is 2.50. The number of guanidine groups is 1. The van der Waals surface area contributed by atoms with Crippen LogP contribution in [-0.4, -0.2) is 64.5 Å². The number of allylic oxidation sites excluding steroid dienone is 1. The van der Waals surface area contributed by atoms with Crippen molar-refractivity contribution in [2.24, 2.45) is 10.9 Å². The number of hydrogen-bond donors (Lipinski definition) is 1. The topological polar surface area (TPSA) is 46.1 Å². The Hall–Kier alpha value is -0.340. The Kier molecular flexibility index (Phi) is 15.0. The normalized spacial score (nSPS) is 15.8. The number of unbranched alkanes of at least 4 members (excludes halogenated alkanes) is 1. The Morgan fingerprint density at radius 1 is 1.39 bits per heavy atom.